The standard InChI is InChI=1S/C22H31N5O5S/c1-24-11-13-26(14-12-24)33(30,31)18-7-8-19(20(16-18)27(28)29)23-17-21(22-6-5-15-32-22)25-9-3-2-4-10-25/h5-8,15-16,21,23H,2-4,9-14,17H2,1H3/t21-/m1/s1. The van der Waals surface area contributed by atoms with Gasteiger partial charge in [0.15, 0.2) is 0 Å². The molecule has 2 saturated heterocycles. The van der Waals surface area contributed by atoms with Crippen LogP contribution < -0.4 is 5.32 Å². The van der Waals surface area contributed by atoms with Crippen LogP contribution in [0.3, 0.4) is 0 Å². The highest BCUT2D eigenvalue weighted by atomic mass is 32.2. The molecule has 11 heteroatoms. The fourth-order valence-corrected chi connectivity index (χ4v) is 5.92. The number of nitrogens with one attached hydrogen (secondary N) is 1. The van der Waals surface area contributed by atoms with Crippen molar-refractivity contribution in [2.24, 2.45) is 0 Å². The van der Waals surface area contributed by atoms with Gasteiger partial charge in [0.05, 0.1) is 22.1 Å². The van der Waals surface area contributed by atoms with Gasteiger partial charge in [-0.05, 0) is 57.2 Å². The maximum Gasteiger partial charge on any atom is 0.293 e. The number of likely N-dealkylation sites (tertiary alicyclic amines) is 1. The lowest BCUT2D eigenvalue weighted by Gasteiger charge is -2.33. The molecule has 2 fully saturated rings. The van der Waals surface area contributed by atoms with Gasteiger partial charge in [-0.2, -0.15) is 4.31 Å². The van der Waals surface area contributed by atoms with Crippen LogP contribution in [0.25, 0.3) is 0 Å². The first kappa shape index (κ1) is 23.7. The Morgan fingerprint density at radius 2 is 1.82 bits per heavy atom. The Balaban J connectivity index is 1.54. The van der Waals surface area contributed by atoms with E-state index in [1.54, 1.807) is 6.26 Å². The van der Waals surface area contributed by atoms with E-state index in [9.17, 15) is 18.5 Å². The molecule has 2 aromatic rings. The summed E-state index contributed by atoms with van der Waals surface area (Å²) in [5.74, 6) is 0.807. The normalized spacial score (nSPS) is 19.9. The molecule has 0 bridgehead atoms. The van der Waals surface area contributed by atoms with Crippen LogP contribution in [0, 0.1) is 10.1 Å². The number of anilines is 1. The molecule has 0 unspecified atom stereocenters. The van der Waals surface area contributed by atoms with Crippen LogP contribution in [0.2, 0.25) is 0 Å². The lowest BCUT2D eigenvalue weighted by Crippen LogP contribution is -2.47. The molecule has 0 amide bonds. The lowest BCUT2D eigenvalue weighted by atomic mass is 10.1. The fraction of sp³-hybridized carbons (Fsp3) is 0.545. The second kappa shape index (κ2) is 10.2. The summed E-state index contributed by atoms with van der Waals surface area (Å²) in [7, 11) is -1.85. The van der Waals surface area contributed by atoms with Gasteiger partial charge in [0, 0.05) is 38.8 Å². The van der Waals surface area contributed by atoms with Gasteiger partial charge >= 0.3 is 0 Å². The number of nitro groups is 1. The largest absolute Gasteiger partial charge is 0.468 e. The van der Waals surface area contributed by atoms with Gasteiger partial charge < -0.3 is 14.6 Å². The number of sulfonamides is 1. The minimum Gasteiger partial charge on any atom is -0.468 e. The summed E-state index contributed by atoms with van der Waals surface area (Å²) in [4.78, 5) is 15.6. The molecule has 3 heterocycles. The molecule has 0 aliphatic carbocycles. The van der Waals surface area contributed by atoms with E-state index in [0.717, 1.165) is 31.7 Å². The summed E-state index contributed by atoms with van der Waals surface area (Å²) in [6.07, 6.45) is 5.04. The first-order valence-electron chi connectivity index (χ1n) is 11.3. The van der Waals surface area contributed by atoms with Crippen molar-refractivity contribution >= 4 is 21.4 Å². The molecule has 4 rings (SSSR count). The van der Waals surface area contributed by atoms with Gasteiger partial charge in [-0.25, -0.2) is 8.42 Å². The molecule has 2 aliphatic rings. The number of piperidine rings is 1. The third-order valence-electron chi connectivity index (χ3n) is 6.45. The van der Waals surface area contributed by atoms with Crippen LogP contribution in [-0.4, -0.2) is 80.3 Å². The summed E-state index contributed by atoms with van der Waals surface area (Å²) < 4.78 is 33.1. The summed E-state index contributed by atoms with van der Waals surface area (Å²) in [5.41, 5.74) is 0.0490. The smallest absolute Gasteiger partial charge is 0.293 e. The first-order chi connectivity index (χ1) is 15.9. The third kappa shape index (κ3) is 5.37. The van der Waals surface area contributed by atoms with Crippen LogP contribution in [0.15, 0.2) is 45.9 Å². The van der Waals surface area contributed by atoms with E-state index in [1.165, 1.54) is 28.9 Å². The Bertz CT molecular complexity index is 1050. The number of hydrogen-bond acceptors (Lipinski definition) is 8. The van der Waals surface area contributed by atoms with Gasteiger partial charge in [-0.3, -0.25) is 15.0 Å². The van der Waals surface area contributed by atoms with Crippen molar-refractivity contribution in [2.45, 2.75) is 30.2 Å². The van der Waals surface area contributed by atoms with E-state index in [1.807, 2.05) is 19.2 Å². The van der Waals surface area contributed by atoms with Crippen LogP contribution in [0.4, 0.5) is 11.4 Å². The maximum atomic E-state index is 13.1. The monoisotopic (exact) mass is 477 g/mol. The number of hydrogen-bond donors (Lipinski definition) is 1. The van der Waals surface area contributed by atoms with E-state index in [4.69, 9.17) is 4.42 Å². The molecule has 33 heavy (non-hydrogen) atoms. The van der Waals surface area contributed by atoms with Crippen molar-refractivity contribution in [3.8, 4) is 0 Å². The Morgan fingerprint density at radius 3 is 2.45 bits per heavy atom. The second-order valence-electron chi connectivity index (χ2n) is 8.65. The summed E-state index contributed by atoms with van der Waals surface area (Å²) in [6, 6.07) is 7.81. The number of piperazine rings is 1. The predicted octanol–water partition coefficient (Wildman–Crippen LogP) is 2.76. The maximum absolute atomic E-state index is 13.1. The van der Waals surface area contributed by atoms with E-state index in [-0.39, 0.29) is 16.6 Å². The number of likely N-dealkylation sites (N-methyl/N-ethyl adjacent to an activating group) is 1. The van der Waals surface area contributed by atoms with Crippen LogP contribution >= 0.6 is 0 Å². The molecule has 2 aliphatic heterocycles. The van der Waals surface area contributed by atoms with Crippen LogP contribution in [0.5, 0.6) is 0 Å². The number of benzene rings is 1. The minimum absolute atomic E-state index is 0.0529. The molecule has 1 aromatic heterocycles. The molecular weight excluding hydrogens is 446 g/mol. The number of nitro benzene ring substituents is 1. The lowest BCUT2D eigenvalue weighted by molar-refractivity contribution is -0.384. The van der Waals surface area contributed by atoms with Crippen LogP contribution in [0.1, 0.15) is 31.1 Å². The molecule has 180 valence electrons. The van der Waals surface area contributed by atoms with Crippen molar-refractivity contribution in [3.05, 3.63) is 52.5 Å². The number of furan rings is 1. The highest BCUT2D eigenvalue weighted by molar-refractivity contribution is 7.89. The average Bonchev–Trinajstić information content (AvgIpc) is 3.35. The van der Waals surface area contributed by atoms with E-state index in [0.29, 0.717) is 38.4 Å². The number of rotatable bonds is 8. The molecule has 0 radical (unpaired) electrons. The van der Waals surface area contributed by atoms with E-state index >= 15 is 0 Å². The molecular formula is C22H31N5O5S. The zero-order valence-electron chi connectivity index (χ0n) is 18.9. The van der Waals surface area contributed by atoms with Crippen molar-refractivity contribution in [2.75, 3.05) is 58.2 Å². The minimum atomic E-state index is -3.79. The molecule has 1 N–H and O–H groups in total. The number of nitrogens with zero attached hydrogens (tertiary/aromatic N) is 4. The van der Waals surface area contributed by atoms with E-state index < -0.39 is 14.9 Å². The van der Waals surface area contributed by atoms with Crippen LogP contribution in [-0.2, 0) is 10.0 Å². The molecule has 10 nitrogen and oxygen atoms in total. The Hall–Kier alpha value is -2.47. The zero-order valence-corrected chi connectivity index (χ0v) is 19.7. The highest BCUT2D eigenvalue weighted by Gasteiger charge is 2.30. The Morgan fingerprint density at radius 1 is 1.09 bits per heavy atom. The van der Waals surface area contributed by atoms with Gasteiger partial charge in [-0.1, -0.05) is 6.42 Å². The van der Waals surface area contributed by atoms with E-state index in [2.05, 4.69) is 15.1 Å². The Kier molecular flexibility index (Phi) is 7.32. The topological polar surface area (TPSA) is 112 Å². The molecule has 1 aromatic carbocycles. The molecule has 0 spiro atoms. The van der Waals surface area contributed by atoms with Crippen molar-refractivity contribution in [3.63, 3.8) is 0 Å². The Labute approximate surface area is 194 Å². The van der Waals surface area contributed by atoms with Crippen molar-refractivity contribution < 1.29 is 17.8 Å². The predicted molar refractivity (Wildman–Crippen MR) is 125 cm³/mol. The zero-order chi connectivity index (χ0) is 23.4. The van der Waals surface area contributed by atoms with Crippen molar-refractivity contribution in [1.29, 1.82) is 0 Å². The average molecular weight is 478 g/mol. The summed E-state index contributed by atoms with van der Waals surface area (Å²) in [6.45, 7) is 4.30. The van der Waals surface area contributed by atoms with Gasteiger partial charge in [0.1, 0.15) is 11.4 Å². The molecule has 1 atom stereocenters. The summed E-state index contributed by atoms with van der Waals surface area (Å²) >= 11 is 0. The van der Waals surface area contributed by atoms with Gasteiger partial charge in [0.25, 0.3) is 5.69 Å². The fourth-order valence-electron chi connectivity index (χ4n) is 4.48. The first-order valence-corrected chi connectivity index (χ1v) is 12.8. The summed E-state index contributed by atoms with van der Waals surface area (Å²) in [5, 5.41) is 15.0. The van der Waals surface area contributed by atoms with Gasteiger partial charge in [-0.15, -0.1) is 0 Å². The van der Waals surface area contributed by atoms with Crippen molar-refractivity contribution in [1.82, 2.24) is 14.1 Å². The quantitative estimate of drug-likeness (QED) is 0.456. The third-order valence-corrected chi connectivity index (χ3v) is 8.35. The molecule has 0 saturated carbocycles. The second-order valence-corrected chi connectivity index (χ2v) is 10.6. The highest BCUT2D eigenvalue weighted by Crippen LogP contribution is 2.31. The SMILES string of the molecule is CN1CCN(S(=O)(=O)c2ccc(NC[C@H](c3ccco3)N3CCCCC3)c([N+](=O)[O-])c2)CC1. The van der Waals surface area contributed by atoms with Gasteiger partial charge in [0.2, 0.25) is 10.0 Å².